The van der Waals surface area contributed by atoms with Gasteiger partial charge >= 0.3 is 11.8 Å². The van der Waals surface area contributed by atoms with E-state index in [0.717, 1.165) is 22.6 Å². The maximum Gasteiger partial charge on any atom is 0.363 e. The lowest BCUT2D eigenvalue weighted by molar-refractivity contribution is -0.389. The molecule has 0 aliphatic carbocycles. The monoisotopic (exact) mass is 315 g/mol. The first-order valence-electron chi connectivity index (χ1n) is 6.19. The van der Waals surface area contributed by atoms with Crippen LogP contribution in [0.5, 0.6) is 0 Å². The van der Waals surface area contributed by atoms with Gasteiger partial charge in [-0.05, 0) is 35.2 Å². The van der Waals surface area contributed by atoms with E-state index < -0.39 is 32.8 Å². The van der Waals surface area contributed by atoms with Crippen LogP contribution in [0.3, 0.4) is 0 Å². The summed E-state index contributed by atoms with van der Waals surface area (Å²) in [5, 5.41) is 19.6. The number of pyridine rings is 1. The molecule has 1 aromatic heterocycles. The normalized spacial score (nSPS) is 20.1. The van der Waals surface area contributed by atoms with E-state index >= 15 is 0 Å². The Morgan fingerprint density at radius 1 is 1.43 bits per heavy atom. The Hall–Kier alpha value is -2.07. The highest BCUT2D eigenvalue weighted by atomic mass is 32.2. The van der Waals surface area contributed by atoms with E-state index in [1.54, 1.807) is 0 Å². The molecule has 0 spiro atoms. The molecule has 1 saturated heterocycles. The maximum atomic E-state index is 12.4. The van der Waals surface area contributed by atoms with Gasteiger partial charge in [0, 0.05) is 12.6 Å². The highest BCUT2D eigenvalue weighted by Crippen LogP contribution is 2.25. The molecule has 21 heavy (non-hydrogen) atoms. The van der Waals surface area contributed by atoms with E-state index in [2.05, 4.69) is 4.98 Å². The predicted molar refractivity (Wildman–Crippen MR) is 70.1 cm³/mol. The van der Waals surface area contributed by atoms with E-state index in [1.165, 1.54) is 0 Å². The molecule has 1 aliphatic heterocycles. The molecule has 1 atom stereocenters. The number of sulfonamides is 1. The number of nitro groups is 1. The second-order valence-electron chi connectivity index (χ2n) is 4.57. The number of aliphatic carboxylic acids is 1. The van der Waals surface area contributed by atoms with Gasteiger partial charge in [-0.3, -0.25) is 4.79 Å². The van der Waals surface area contributed by atoms with Gasteiger partial charge in [0.05, 0.1) is 0 Å². The minimum absolute atomic E-state index is 0.107. The number of carboxylic acid groups (broad SMARTS) is 1. The number of hydrogen-bond acceptors (Lipinski definition) is 6. The molecule has 0 bridgehead atoms. The van der Waals surface area contributed by atoms with Crippen molar-refractivity contribution >= 4 is 21.8 Å². The van der Waals surface area contributed by atoms with E-state index in [-0.39, 0.29) is 17.9 Å². The van der Waals surface area contributed by atoms with Crippen LogP contribution >= 0.6 is 0 Å². The van der Waals surface area contributed by atoms with E-state index in [9.17, 15) is 23.3 Å². The summed E-state index contributed by atoms with van der Waals surface area (Å²) < 4.78 is 25.8. The molecule has 1 N–H and O–H groups in total. The molecule has 9 nitrogen and oxygen atoms in total. The van der Waals surface area contributed by atoms with Crippen LogP contribution in [0.2, 0.25) is 0 Å². The Labute approximate surface area is 120 Å². The number of rotatable bonds is 4. The van der Waals surface area contributed by atoms with Crippen molar-refractivity contribution in [2.24, 2.45) is 0 Å². The zero-order valence-electron chi connectivity index (χ0n) is 10.9. The Balaban J connectivity index is 2.35. The maximum absolute atomic E-state index is 12.4. The van der Waals surface area contributed by atoms with Crippen LogP contribution in [0, 0.1) is 10.1 Å². The van der Waals surface area contributed by atoms with Crippen molar-refractivity contribution in [2.75, 3.05) is 6.54 Å². The SMILES string of the molecule is O=C(O)C1CCCCN1S(=O)(=O)c1ccc([N+](=O)[O-])nc1. The van der Waals surface area contributed by atoms with Crippen LogP contribution in [-0.4, -0.2) is 46.3 Å². The summed E-state index contributed by atoms with van der Waals surface area (Å²) in [7, 11) is -4.03. The van der Waals surface area contributed by atoms with Gasteiger partial charge in [-0.2, -0.15) is 4.31 Å². The van der Waals surface area contributed by atoms with Gasteiger partial charge in [-0.1, -0.05) is 0 Å². The molecule has 2 heterocycles. The number of hydrogen-bond donors (Lipinski definition) is 1. The summed E-state index contributed by atoms with van der Waals surface area (Å²) >= 11 is 0. The molecule has 1 aromatic rings. The minimum atomic E-state index is -4.03. The van der Waals surface area contributed by atoms with Crippen LogP contribution < -0.4 is 0 Å². The van der Waals surface area contributed by atoms with Crippen LogP contribution in [0.15, 0.2) is 23.2 Å². The standard InChI is InChI=1S/C11H13N3O6S/c15-11(16)9-3-1-2-6-13(9)21(19,20)8-4-5-10(12-7-8)14(17)18/h4-5,7,9H,1-3,6H2,(H,15,16). The molecule has 1 unspecified atom stereocenters. The van der Waals surface area contributed by atoms with Gasteiger partial charge in [0.1, 0.15) is 10.9 Å². The average molecular weight is 315 g/mol. The second kappa shape index (κ2) is 5.74. The molecule has 114 valence electrons. The van der Waals surface area contributed by atoms with Gasteiger partial charge in [0.15, 0.2) is 6.20 Å². The summed E-state index contributed by atoms with van der Waals surface area (Å²) in [5.74, 6) is -1.67. The number of carboxylic acids is 1. The topological polar surface area (TPSA) is 131 Å². The number of piperidine rings is 1. The third-order valence-electron chi connectivity index (χ3n) is 3.25. The summed E-state index contributed by atoms with van der Waals surface area (Å²) in [6.45, 7) is 0.107. The first-order valence-corrected chi connectivity index (χ1v) is 7.63. The Bertz CT molecular complexity index is 657. The number of aromatic nitrogens is 1. The lowest BCUT2D eigenvalue weighted by Crippen LogP contribution is -2.47. The fourth-order valence-corrected chi connectivity index (χ4v) is 3.80. The molecule has 1 fully saturated rings. The van der Waals surface area contributed by atoms with Crippen molar-refractivity contribution < 1.29 is 23.2 Å². The van der Waals surface area contributed by atoms with E-state index in [0.29, 0.717) is 12.8 Å². The third kappa shape index (κ3) is 3.00. The fourth-order valence-electron chi connectivity index (χ4n) is 2.21. The van der Waals surface area contributed by atoms with Crippen molar-refractivity contribution in [3.8, 4) is 0 Å². The van der Waals surface area contributed by atoms with Crippen LogP contribution in [-0.2, 0) is 14.8 Å². The van der Waals surface area contributed by atoms with Crippen LogP contribution in [0.1, 0.15) is 19.3 Å². The third-order valence-corrected chi connectivity index (χ3v) is 5.14. The van der Waals surface area contributed by atoms with Crippen LogP contribution in [0.25, 0.3) is 0 Å². The van der Waals surface area contributed by atoms with E-state index in [1.807, 2.05) is 0 Å². The summed E-state index contributed by atoms with van der Waals surface area (Å²) in [5.41, 5.74) is 0. The number of nitrogens with zero attached hydrogens (tertiary/aromatic N) is 3. The zero-order chi connectivity index (χ0) is 15.6. The molecule has 0 radical (unpaired) electrons. The summed E-state index contributed by atoms with van der Waals surface area (Å²) in [4.78, 5) is 24.2. The quantitative estimate of drug-likeness (QED) is 0.636. The molecule has 0 amide bonds. The Morgan fingerprint density at radius 3 is 2.67 bits per heavy atom. The zero-order valence-corrected chi connectivity index (χ0v) is 11.7. The largest absolute Gasteiger partial charge is 0.480 e. The van der Waals surface area contributed by atoms with Crippen molar-refractivity contribution in [1.82, 2.24) is 9.29 Å². The Kier molecular flexibility index (Phi) is 4.19. The van der Waals surface area contributed by atoms with Crippen molar-refractivity contribution in [3.05, 3.63) is 28.4 Å². The lowest BCUT2D eigenvalue weighted by Gasteiger charge is -2.31. The second-order valence-corrected chi connectivity index (χ2v) is 6.47. The van der Waals surface area contributed by atoms with Gasteiger partial charge in [0.2, 0.25) is 10.0 Å². The van der Waals surface area contributed by atoms with Crippen molar-refractivity contribution in [3.63, 3.8) is 0 Å². The minimum Gasteiger partial charge on any atom is -0.480 e. The van der Waals surface area contributed by atoms with Crippen LogP contribution in [0.4, 0.5) is 5.82 Å². The fraction of sp³-hybridized carbons (Fsp3) is 0.455. The lowest BCUT2D eigenvalue weighted by atomic mass is 10.1. The molecular weight excluding hydrogens is 302 g/mol. The number of carbonyl (C=O) groups is 1. The van der Waals surface area contributed by atoms with Gasteiger partial charge in [0.25, 0.3) is 0 Å². The summed E-state index contributed by atoms with van der Waals surface area (Å²) in [6.07, 6.45) is 2.33. The first kappa shape index (κ1) is 15.3. The van der Waals surface area contributed by atoms with Crippen molar-refractivity contribution in [2.45, 2.75) is 30.2 Å². The van der Waals surface area contributed by atoms with Gasteiger partial charge in [-0.15, -0.1) is 0 Å². The van der Waals surface area contributed by atoms with Gasteiger partial charge < -0.3 is 15.2 Å². The Morgan fingerprint density at radius 2 is 2.14 bits per heavy atom. The highest BCUT2D eigenvalue weighted by Gasteiger charge is 2.38. The molecule has 0 saturated carbocycles. The first-order chi connectivity index (χ1) is 9.84. The smallest absolute Gasteiger partial charge is 0.363 e. The van der Waals surface area contributed by atoms with Gasteiger partial charge in [-0.25, -0.2) is 8.42 Å². The average Bonchev–Trinajstić information content (AvgIpc) is 2.47. The molecule has 2 rings (SSSR count). The van der Waals surface area contributed by atoms with Crippen molar-refractivity contribution in [1.29, 1.82) is 0 Å². The predicted octanol–water partition coefficient (Wildman–Crippen LogP) is 0.618. The molecule has 1 aliphatic rings. The summed E-state index contributed by atoms with van der Waals surface area (Å²) in [6, 6.07) is 0.930. The molecule has 0 aromatic carbocycles. The highest BCUT2D eigenvalue weighted by molar-refractivity contribution is 7.89. The van der Waals surface area contributed by atoms with E-state index in [4.69, 9.17) is 5.11 Å². The molecular formula is C11H13N3O6S. The molecule has 10 heteroatoms.